The molecular weight excluding hydrogens is 468 g/mol. The highest BCUT2D eigenvalue weighted by molar-refractivity contribution is 7.87. The zero-order chi connectivity index (χ0) is 24.1. The molecule has 1 amide bonds. The summed E-state index contributed by atoms with van der Waals surface area (Å²) in [6.07, 6.45) is -0.290. The molecule has 1 fully saturated rings. The maximum absolute atomic E-state index is 12.5. The van der Waals surface area contributed by atoms with Crippen molar-refractivity contribution < 1.29 is 26.9 Å². The fourth-order valence-corrected chi connectivity index (χ4v) is 4.63. The normalized spacial score (nSPS) is 15.2. The monoisotopic (exact) mass is 496 g/mol. The number of ether oxygens (including phenoxy) is 2. The first kappa shape index (κ1) is 25.1. The molecule has 0 atom stereocenters. The van der Waals surface area contributed by atoms with Gasteiger partial charge >= 0.3 is 16.2 Å². The Morgan fingerprint density at radius 3 is 2.33 bits per heavy atom. The Morgan fingerprint density at radius 1 is 1.00 bits per heavy atom. The molecule has 0 saturated carbocycles. The van der Waals surface area contributed by atoms with Gasteiger partial charge in [0.05, 0.1) is 5.02 Å². The van der Waals surface area contributed by atoms with E-state index in [-0.39, 0.29) is 21.8 Å². The number of amides is 1. The molecular formula is C23H29ClN2O6S. The number of rotatable bonds is 7. The third-order valence-electron chi connectivity index (χ3n) is 4.82. The van der Waals surface area contributed by atoms with E-state index in [0.717, 1.165) is 13.1 Å². The SMILES string of the molecule is CC(C)(C)OC(=O)N1CCN(CCOc2cccc(OS(=O)(=O)c3ccccc3Cl)c2)CC1. The molecule has 3 rings (SSSR count). The van der Waals surface area contributed by atoms with E-state index in [4.69, 9.17) is 25.3 Å². The quantitative estimate of drug-likeness (QED) is 0.535. The zero-order valence-corrected chi connectivity index (χ0v) is 20.6. The lowest BCUT2D eigenvalue weighted by Crippen LogP contribution is -2.50. The molecule has 33 heavy (non-hydrogen) atoms. The molecule has 180 valence electrons. The molecule has 0 N–H and O–H groups in total. The Hall–Kier alpha value is -2.49. The summed E-state index contributed by atoms with van der Waals surface area (Å²) < 4.78 is 41.5. The first-order chi connectivity index (χ1) is 15.5. The third kappa shape index (κ3) is 7.52. The largest absolute Gasteiger partial charge is 0.492 e. The van der Waals surface area contributed by atoms with Gasteiger partial charge in [-0.3, -0.25) is 4.90 Å². The van der Waals surface area contributed by atoms with Crippen LogP contribution in [0.2, 0.25) is 5.02 Å². The highest BCUT2D eigenvalue weighted by atomic mass is 35.5. The molecule has 0 aromatic heterocycles. The van der Waals surface area contributed by atoms with Crippen LogP contribution >= 0.6 is 11.6 Å². The average Bonchev–Trinajstić information content (AvgIpc) is 2.73. The maximum atomic E-state index is 12.5. The van der Waals surface area contributed by atoms with Gasteiger partial charge in [-0.25, -0.2) is 4.79 Å². The summed E-state index contributed by atoms with van der Waals surface area (Å²) in [4.78, 5) is 16.0. The van der Waals surface area contributed by atoms with Gasteiger partial charge in [-0.2, -0.15) is 8.42 Å². The van der Waals surface area contributed by atoms with E-state index >= 15 is 0 Å². The summed E-state index contributed by atoms with van der Waals surface area (Å²) in [7, 11) is -4.06. The minimum atomic E-state index is -4.06. The van der Waals surface area contributed by atoms with Crippen LogP contribution < -0.4 is 8.92 Å². The summed E-state index contributed by atoms with van der Waals surface area (Å²) in [6.45, 7) is 9.28. The van der Waals surface area contributed by atoms with Crippen LogP contribution in [0.1, 0.15) is 20.8 Å². The maximum Gasteiger partial charge on any atom is 0.410 e. The number of hydrogen-bond acceptors (Lipinski definition) is 7. The van der Waals surface area contributed by atoms with E-state index in [9.17, 15) is 13.2 Å². The van der Waals surface area contributed by atoms with Crippen LogP contribution in [0.3, 0.4) is 0 Å². The highest BCUT2D eigenvalue weighted by Crippen LogP contribution is 2.26. The van der Waals surface area contributed by atoms with Gasteiger partial charge in [0.2, 0.25) is 0 Å². The molecule has 2 aromatic rings. The van der Waals surface area contributed by atoms with Gasteiger partial charge < -0.3 is 18.6 Å². The Kier molecular flexibility index (Phi) is 8.10. The van der Waals surface area contributed by atoms with Gasteiger partial charge in [0.15, 0.2) is 0 Å². The van der Waals surface area contributed by atoms with E-state index in [1.165, 1.54) is 24.3 Å². The number of hydrogen-bond donors (Lipinski definition) is 0. The first-order valence-electron chi connectivity index (χ1n) is 10.7. The Labute approximate surface area is 200 Å². The second-order valence-corrected chi connectivity index (χ2v) is 10.5. The van der Waals surface area contributed by atoms with Crippen molar-refractivity contribution in [2.45, 2.75) is 31.3 Å². The van der Waals surface area contributed by atoms with Gasteiger partial charge in [-0.05, 0) is 45.0 Å². The van der Waals surface area contributed by atoms with Crippen molar-refractivity contribution in [3.05, 3.63) is 53.6 Å². The number of piperazine rings is 1. The number of nitrogens with zero attached hydrogens (tertiary/aromatic N) is 2. The molecule has 1 aliphatic rings. The molecule has 1 heterocycles. The Bertz CT molecular complexity index is 1060. The van der Waals surface area contributed by atoms with Crippen molar-refractivity contribution in [2.75, 3.05) is 39.3 Å². The molecule has 0 spiro atoms. The van der Waals surface area contributed by atoms with E-state index in [1.807, 2.05) is 20.8 Å². The molecule has 0 aliphatic carbocycles. The van der Waals surface area contributed by atoms with Crippen molar-refractivity contribution >= 4 is 27.8 Å². The zero-order valence-electron chi connectivity index (χ0n) is 19.0. The van der Waals surface area contributed by atoms with Crippen LogP contribution in [-0.4, -0.2) is 69.2 Å². The molecule has 0 unspecified atom stereocenters. The van der Waals surface area contributed by atoms with Crippen LogP contribution in [0.5, 0.6) is 11.5 Å². The van der Waals surface area contributed by atoms with Crippen molar-refractivity contribution in [1.82, 2.24) is 9.80 Å². The molecule has 10 heteroatoms. The summed E-state index contributed by atoms with van der Waals surface area (Å²) in [5.74, 6) is 0.632. The predicted octanol–water partition coefficient (Wildman–Crippen LogP) is 4.04. The standard InChI is InChI=1S/C23H29ClN2O6S/c1-23(2,3)31-22(27)26-13-11-25(12-14-26)15-16-30-18-7-6-8-19(17-18)32-33(28,29)21-10-5-4-9-20(21)24/h4-10,17H,11-16H2,1-3H3. The minimum absolute atomic E-state index is 0.0940. The fraction of sp³-hybridized carbons (Fsp3) is 0.435. The van der Waals surface area contributed by atoms with Crippen LogP contribution in [0.25, 0.3) is 0 Å². The van der Waals surface area contributed by atoms with Crippen LogP contribution in [-0.2, 0) is 14.9 Å². The van der Waals surface area contributed by atoms with E-state index in [2.05, 4.69) is 4.90 Å². The predicted molar refractivity (Wildman–Crippen MR) is 125 cm³/mol. The average molecular weight is 497 g/mol. The number of carbonyl (C=O) groups excluding carboxylic acids is 1. The summed E-state index contributed by atoms with van der Waals surface area (Å²) in [5, 5.41) is 0.0941. The van der Waals surface area contributed by atoms with Gasteiger partial charge in [-0.1, -0.05) is 29.8 Å². The summed E-state index contributed by atoms with van der Waals surface area (Å²) in [6, 6.07) is 12.6. The van der Waals surface area contributed by atoms with E-state index in [1.54, 1.807) is 29.2 Å². The lowest BCUT2D eigenvalue weighted by Gasteiger charge is -2.35. The summed E-state index contributed by atoms with van der Waals surface area (Å²) in [5.41, 5.74) is -0.507. The number of halogens is 1. The molecule has 0 bridgehead atoms. The first-order valence-corrected chi connectivity index (χ1v) is 12.4. The second kappa shape index (κ2) is 10.6. The second-order valence-electron chi connectivity index (χ2n) is 8.60. The topological polar surface area (TPSA) is 85.4 Å². The van der Waals surface area contributed by atoms with Gasteiger partial charge in [-0.15, -0.1) is 0 Å². The lowest BCUT2D eigenvalue weighted by molar-refractivity contribution is 0.0137. The van der Waals surface area contributed by atoms with Crippen molar-refractivity contribution in [2.24, 2.45) is 0 Å². The Morgan fingerprint density at radius 2 is 1.67 bits per heavy atom. The van der Waals surface area contributed by atoms with Gasteiger partial charge in [0, 0.05) is 38.8 Å². The Balaban J connectivity index is 1.47. The molecule has 1 saturated heterocycles. The van der Waals surface area contributed by atoms with E-state index in [0.29, 0.717) is 32.0 Å². The molecule has 2 aromatic carbocycles. The number of carbonyl (C=O) groups is 1. The van der Waals surface area contributed by atoms with Crippen molar-refractivity contribution in [1.29, 1.82) is 0 Å². The van der Waals surface area contributed by atoms with Crippen LogP contribution in [0.15, 0.2) is 53.4 Å². The van der Waals surface area contributed by atoms with Crippen LogP contribution in [0.4, 0.5) is 4.79 Å². The highest BCUT2D eigenvalue weighted by Gasteiger charge is 2.25. The van der Waals surface area contributed by atoms with Crippen molar-refractivity contribution in [3.8, 4) is 11.5 Å². The van der Waals surface area contributed by atoms with Crippen molar-refractivity contribution in [3.63, 3.8) is 0 Å². The third-order valence-corrected chi connectivity index (χ3v) is 6.57. The van der Waals surface area contributed by atoms with Gasteiger partial charge in [0.1, 0.15) is 28.6 Å². The fourth-order valence-electron chi connectivity index (χ4n) is 3.21. The molecule has 1 aliphatic heterocycles. The minimum Gasteiger partial charge on any atom is -0.492 e. The number of benzene rings is 2. The van der Waals surface area contributed by atoms with Crippen LogP contribution in [0, 0.1) is 0 Å². The smallest absolute Gasteiger partial charge is 0.410 e. The lowest BCUT2D eigenvalue weighted by atomic mass is 10.2. The summed E-state index contributed by atoms with van der Waals surface area (Å²) >= 11 is 5.99. The van der Waals surface area contributed by atoms with Gasteiger partial charge in [0.25, 0.3) is 0 Å². The van der Waals surface area contributed by atoms with E-state index < -0.39 is 15.7 Å². The molecule has 8 nitrogen and oxygen atoms in total. The molecule has 0 radical (unpaired) electrons.